The number of amides is 1. The molecule has 2 aromatic carbocycles. The highest BCUT2D eigenvalue weighted by atomic mass is 35.5. The molecule has 28 heavy (non-hydrogen) atoms. The zero-order valence-electron chi connectivity index (χ0n) is 16.3. The van der Waals surface area contributed by atoms with E-state index in [1.165, 1.54) is 0 Å². The van der Waals surface area contributed by atoms with E-state index in [-0.39, 0.29) is 11.5 Å². The van der Waals surface area contributed by atoms with Crippen molar-refractivity contribution in [3.63, 3.8) is 0 Å². The van der Waals surface area contributed by atoms with E-state index >= 15 is 0 Å². The first-order chi connectivity index (χ1) is 13.3. The normalized spacial score (nSPS) is 11.9. The lowest BCUT2D eigenvalue weighted by molar-refractivity contribution is -0.116. The van der Waals surface area contributed by atoms with Crippen LogP contribution in [-0.4, -0.2) is 21.3 Å². The quantitative estimate of drug-likeness (QED) is 0.685. The second-order valence-corrected chi connectivity index (χ2v) is 7.11. The topological polar surface area (TPSA) is 68.1 Å². The third-order valence-corrected chi connectivity index (χ3v) is 5.24. The molecule has 0 fully saturated rings. The molecule has 3 rings (SSSR count). The van der Waals surface area contributed by atoms with Crippen molar-refractivity contribution < 1.29 is 4.79 Å². The summed E-state index contributed by atoms with van der Waals surface area (Å²) in [5, 5.41) is 6.51. The third kappa shape index (κ3) is 3.68. The minimum absolute atomic E-state index is 0.204. The predicted molar refractivity (Wildman–Crippen MR) is 114 cm³/mol. The summed E-state index contributed by atoms with van der Waals surface area (Å²) in [7, 11) is 1.81. The van der Waals surface area contributed by atoms with Gasteiger partial charge >= 0.3 is 0 Å². The molecule has 0 radical (unpaired) electrons. The molecule has 146 valence electrons. The maximum absolute atomic E-state index is 13.0. The number of hydrogen-bond donors (Lipinski definition) is 2. The van der Waals surface area contributed by atoms with Gasteiger partial charge in [0.25, 0.3) is 5.56 Å². The lowest BCUT2D eigenvalue weighted by atomic mass is 10.2. The van der Waals surface area contributed by atoms with Crippen LogP contribution in [0.5, 0.6) is 0 Å². The van der Waals surface area contributed by atoms with Crippen LogP contribution in [0.2, 0.25) is 5.02 Å². The fourth-order valence-corrected chi connectivity index (χ4v) is 3.17. The van der Waals surface area contributed by atoms with Crippen LogP contribution in [0.25, 0.3) is 5.69 Å². The van der Waals surface area contributed by atoms with Gasteiger partial charge in [-0.1, -0.05) is 35.9 Å². The van der Waals surface area contributed by atoms with Crippen molar-refractivity contribution in [3.05, 3.63) is 75.2 Å². The Kier molecular flexibility index (Phi) is 5.61. The molecular weight excluding hydrogens is 376 g/mol. The second-order valence-electron chi connectivity index (χ2n) is 6.70. The fraction of sp³-hybridized carbons (Fsp3) is 0.238. The van der Waals surface area contributed by atoms with Gasteiger partial charge in [0.2, 0.25) is 5.91 Å². The maximum atomic E-state index is 13.0. The molecule has 0 bridgehead atoms. The smallest absolute Gasteiger partial charge is 0.295 e. The van der Waals surface area contributed by atoms with Gasteiger partial charge in [-0.05, 0) is 50.6 Å². The molecule has 0 aliphatic carbocycles. The Labute approximate surface area is 168 Å². The Balaban J connectivity index is 1.84. The van der Waals surface area contributed by atoms with Crippen molar-refractivity contribution in [3.8, 4) is 5.69 Å². The molecule has 1 unspecified atom stereocenters. The summed E-state index contributed by atoms with van der Waals surface area (Å²) in [6.45, 7) is 5.40. The summed E-state index contributed by atoms with van der Waals surface area (Å²) in [5.74, 6) is -0.251. The van der Waals surface area contributed by atoms with Crippen molar-refractivity contribution >= 4 is 28.9 Å². The number of carbonyl (C=O) groups is 1. The third-order valence-electron chi connectivity index (χ3n) is 4.83. The van der Waals surface area contributed by atoms with E-state index in [0.717, 1.165) is 16.9 Å². The van der Waals surface area contributed by atoms with Gasteiger partial charge < -0.3 is 10.6 Å². The van der Waals surface area contributed by atoms with Crippen LogP contribution in [0.15, 0.2) is 53.3 Å². The summed E-state index contributed by atoms with van der Waals surface area (Å²) >= 11 is 6.11. The van der Waals surface area contributed by atoms with Crippen LogP contribution in [0.1, 0.15) is 18.2 Å². The first-order valence-electron chi connectivity index (χ1n) is 8.97. The number of rotatable bonds is 5. The maximum Gasteiger partial charge on any atom is 0.295 e. The van der Waals surface area contributed by atoms with Gasteiger partial charge in [0.15, 0.2) is 0 Å². The summed E-state index contributed by atoms with van der Waals surface area (Å²) in [6.07, 6.45) is 0. The number of halogens is 1. The first kappa shape index (κ1) is 19.8. The Morgan fingerprint density at radius 1 is 1.07 bits per heavy atom. The Morgan fingerprint density at radius 3 is 2.43 bits per heavy atom. The van der Waals surface area contributed by atoms with Crippen LogP contribution in [0.3, 0.4) is 0 Å². The van der Waals surface area contributed by atoms with Gasteiger partial charge in [-0.15, -0.1) is 0 Å². The zero-order chi connectivity index (χ0) is 20.4. The van der Waals surface area contributed by atoms with Gasteiger partial charge in [0.05, 0.1) is 11.4 Å². The summed E-state index contributed by atoms with van der Waals surface area (Å²) in [5.41, 5.74) is 3.15. The second kappa shape index (κ2) is 7.94. The molecule has 0 aliphatic rings. The Hall–Kier alpha value is -2.99. The molecule has 0 saturated carbocycles. The van der Waals surface area contributed by atoms with Crippen molar-refractivity contribution in [2.24, 2.45) is 7.05 Å². The molecule has 0 aliphatic heterocycles. The minimum atomic E-state index is -0.614. The van der Waals surface area contributed by atoms with E-state index in [1.54, 1.807) is 34.5 Å². The summed E-state index contributed by atoms with van der Waals surface area (Å²) in [6, 6.07) is 14.1. The lowest BCUT2D eigenvalue weighted by Crippen LogP contribution is -2.34. The van der Waals surface area contributed by atoms with Crippen LogP contribution < -0.4 is 16.2 Å². The summed E-state index contributed by atoms with van der Waals surface area (Å²) in [4.78, 5) is 25.6. The number of benzene rings is 2. The molecule has 1 heterocycles. The molecule has 3 aromatic rings. The molecule has 6 nitrogen and oxygen atoms in total. The van der Waals surface area contributed by atoms with E-state index in [9.17, 15) is 9.59 Å². The highest BCUT2D eigenvalue weighted by Crippen LogP contribution is 2.23. The number of aromatic nitrogens is 2. The number of nitrogens with one attached hydrogen (secondary N) is 2. The zero-order valence-corrected chi connectivity index (χ0v) is 17.0. The number of anilines is 2. The molecule has 1 atom stereocenters. The monoisotopic (exact) mass is 398 g/mol. The largest absolute Gasteiger partial charge is 0.368 e. The SMILES string of the molecule is Cc1c(Cl)cccc1NC(=O)C(C)Nc1c(C)n(C)n(-c2ccccc2)c1=O. The van der Waals surface area contributed by atoms with Crippen LogP contribution >= 0.6 is 11.6 Å². The minimum Gasteiger partial charge on any atom is -0.368 e. The number of hydrogen-bond acceptors (Lipinski definition) is 3. The standard InChI is InChI=1S/C21H23ClN4O2/c1-13-17(22)11-8-12-18(13)24-20(27)14(2)23-19-15(3)25(4)26(21(19)28)16-9-6-5-7-10-16/h5-12,14,23H,1-4H3,(H,24,27). The van der Waals surface area contributed by atoms with Crippen molar-refractivity contribution in [2.45, 2.75) is 26.8 Å². The highest BCUT2D eigenvalue weighted by Gasteiger charge is 2.21. The number of carbonyl (C=O) groups excluding carboxylic acids is 1. The van der Waals surface area contributed by atoms with Gasteiger partial charge in [0.1, 0.15) is 11.7 Å². The van der Waals surface area contributed by atoms with Gasteiger partial charge in [0, 0.05) is 17.8 Å². The van der Waals surface area contributed by atoms with E-state index in [4.69, 9.17) is 11.6 Å². The van der Waals surface area contributed by atoms with E-state index in [2.05, 4.69) is 10.6 Å². The molecule has 7 heteroatoms. The number of para-hydroxylation sites is 1. The molecule has 2 N–H and O–H groups in total. The summed E-state index contributed by atoms with van der Waals surface area (Å²) < 4.78 is 3.34. The predicted octanol–water partition coefficient (Wildman–Crippen LogP) is 3.89. The van der Waals surface area contributed by atoms with E-state index in [1.807, 2.05) is 51.2 Å². The first-order valence-corrected chi connectivity index (χ1v) is 9.35. The molecule has 1 amide bonds. The lowest BCUT2D eigenvalue weighted by Gasteiger charge is -2.16. The van der Waals surface area contributed by atoms with Gasteiger partial charge in [-0.25, -0.2) is 4.68 Å². The van der Waals surface area contributed by atoms with Crippen LogP contribution in [-0.2, 0) is 11.8 Å². The number of nitrogens with zero attached hydrogens (tertiary/aromatic N) is 2. The van der Waals surface area contributed by atoms with Crippen molar-refractivity contribution in [1.82, 2.24) is 9.36 Å². The van der Waals surface area contributed by atoms with Gasteiger partial charge in [-0.2, -0.15) is 0 Å². The van der Waals surface area contributed by atoms with Crippen LogP contribution in [0, 0.1) is 13.8 Å². The van der Waals surface area contributed by atoms with Crippen molar-refractivity contribution in [1.29, 1.82) is 0 Å². The highest BCUT2D eigenvalue weighted by molar-refractivity contribution is 6.31. The van der Waals surface area contributed by atoms with Crippen LogP contribution in [0.4, 0.5) is 11.4 Å². The van der Waals surface area contributed by atoms with E-state index in [0.29, 0.717) is 16.4 Å². The molecular formula is C21H23ClN4O2. The van der Waals surface area contributed by atoms with Crippen molar-refractivity contribution in [2.75, 3.05) is 10.6 Å². The molecule has 0 saturated heterocycles. The van der Waals surface area contributed by atoms with E-state index < -0.39 is 6.04 Å². The molecule has 1 aromatic heterocycles. The van der Waals surface area contributed by atoms with Gasteiger partial charge in [-0.3, -0.25) is 14.3 Å². The fourth-order valence-electron chi connectivity index (χ4n) is 3.00. The average Bonchev–Trinajstić information content (AvgIpc) is 2.89. The Bertz CT molecular complexity index is 1070. The average molecular weight is 399 g/mol. The molecule has 0 spiro atoms. The Morgan fingerprint density at radius 2 is 1.75 bits per heavy atom.